The van der Waals surface area contributed by atoms with Crippen molar-refractivity contribution in [2.24, 2.45) is 4.99 Å². The van der Waals surface area contributed by atoms with Crippen LogP contribution in [0, 0.1) is 0 Å². The van der Waals surface area contributed by atoms with Gasteiger partial charge in [0.05, 0.1) is 17.1 Å². The van der Waals surface area contributed by atoms with Crippen LogP contribution in [0.1, 0.15) is 20.3 Å². The lowest BCUT2D eigenvalue weighted by molar-refractivity contribution is 0.299. The fourth-order valence-corrected chi connectivity index (χ4v) is 3.47. The van der Waals surface area contributed by atoms with Gasteiger partial charge < -0.3 is 20.9 Å². The van der Waals surface area contributed by atoms with E-state index < -0.39 is 0 Å². The van der Waals surface area contributed by atoms with Gasteiger partial charge in [0, 0.05) is 57.2 Å². The van der Waals surface area contributed by atoms with Crippen LogP contribution in [0.4, 0.5) is 4.39 Å². The zero-order valence-electron chi connectivity index (χ0n) is 16.8. The first kappa shape index (κ1) is 20.1. The van der Waals surface area contributed by atoms with Crippen LogP contribution in [0.5, 0.6) is 0 Å². The SMILES string of the molecule is C\C=C/N=C1\C=C(CNC2=CNCC=C2N2CCNCC2)C=C(F)\C1=C/CC. The standard InChI is InChI=1S/C22H30FN5/c1-3-5-18-19(23)13-17(14-20(18)26-7-4-2)15-27-21-16-25-8-6-22(21)28-11-9-24-10-12-28/h4-7,13-14,16,24-25,27H,3,8-12,15H2,1-2H3/b7-4-,18-5+,26-20+. The number of aliphatic imine (C=N–C) groups is 1. The topological polar surface area (TPSA) is 51.7 Å². The third-order valence-electron chi connectivity index (χ3n) is 4.81. The third-order valence-corrected chi connectivity index (χ3v) is 4.81. The molecule has 0 saturated carbocycles. The minimum atomic E-state index is -0.224. The van der Waals surface area contributed by atoms with Crippen LogP contribution in [0.15, 0.2) is 76.1 Å². The van der Waals surface area contributed by atoms with E-state index in [2.05, 4.69) is 31.9 Å². The normalized spacial score (nSPS) is 23.3. The van der Waals surface area contributed by atoms with Gasteiger partial charge in [0.15, 0.2) is 0 Å². The van der Waals surface area contributed by atoms with Gasteiger partial charge in [0.25, 0.3) is 0 Å². The lowest BCUT2D eigenvalue weighted by atomic mass is 9.97. The van der Waals surface area contributed by atoms with Crippen molar-refractivity contribution in [3.63, 3.8) is 0 Å². The number of dihydropyridines is 1. The molecule has 3 aliphatic rings. The van der Waals surface area contributed by atoms with Crippen LogP contribution in [0.3, 0.4) is 0 Å². The van der Waals surface area contributed by atoms with Gasteiger partial charge in [-0.3, -0.25) is 4.99 Å². The van der Waals surface area contributed by atoms with Crippen LogP contribution in [-0.4, -0.2) is 49.9 Å². The van der Waals surface area contributed by atoms with Crippen molar-refractivity contribution in [1.82, 2.24) is 20.9 Å². The second kappa shape index (κ2) is 10.1. The van der Waals surface area contributed by atoms with E-state index in [0.717, 1.165) is 50.4 Å². The lowest BCUT2D eigenvalue weighted by Crippen LogP contribution is -2.45. The second-order valence-corrected chi connectivity index (χ2v) is 6.88. The Morgan fingerprint density at radius 2 is 2.11 bits per heavy atom. The smallest absolute Gasteiger partial charge is 0.132 e. The molecule has 2 aliphatic heterocycles. The highest BCUT2D eigenvalue weighted by atomic mass is 19.1. The minimum Gasteiger partial charge on any atom is -0.386 e. The molecule has 0 aromatic rings. The molecule has 6 heteroatoms. The van der Waals surface area contributed by atoms with E-state index in [4.69, 9.17) is 0 Å². The molecule has 0 atom stereocenters. The summed E-state index contributed by atoms with van der Waals surface area (Å²) >= 11 is 0. The summed E-state index contributed by atoms with van der Waals surface area (Å²) < 4.78 is 14.7. The number of nitrogens with zero attached hydrogens (tertiary/aromatic N) is 2. The fraction of sp³-hybridized carbons (Fsp3) is 0.409. The Bertz CT molecular complexity index is 777. The molecule has 0 spiro atoms. The van der Waals surface area contributed by atoms with Crippen molar-refractivity contribution in [3.8, 4) is 0 Å². The first-order valence-electron chi connectivity index (χ1n) is 10.0. The number of allylic oxidation sites excluding steroid dienone is 5. The van der Waals surface area contributed by atoms with Crippen LogP contribution >= 0.6 is 0 Å². The highest BCUT2D eigenvalue weighted by Crippen LogP contribution is 2.24. The van der Waals surface area contributed by atoms with Gasteiger partial charge in [0.1, 0.15) is 5.83 Å². The van der Waals surface area contributed by atoms with Gasteiger partial charge in [-0.05, 0) is 37.1 Å². The number of rotatable bonds is 6. The molecule has 0 aromatic heterocycles. The molecule has 1 saturated heterocycles. The number of piperazine rings is 1. The molecule has 1 fully saturated rings. The van der Waals surface area contributed by atoms with Gasteiger partial charge in [-0.2, -0.15) is 0 Å². The maximum absolute atomic E-state index is 14.7. The summed E-state index contributed by atoms with van der Waals surface area (Å²) in [7, 11) is 0. The summed E-state index contributed by atoms with van der Waals surface area (Å²) in [6, 6.07) is 0. The van der Waals surface area contributed by atoms with Crippen LogP contribution in [0.2, 0.25) is 0 Å². The Labute approximate surface area is 167 Å². The van der Waals surface area contributed by atoms with Crippen molar-refractivity contribution in [2.75, 3.05) is 39.3 Å². The highest BCUT2D eigenvalue weighted by molar-refractivity contribution is 6.13. The molecule has 3 N–H and O–H groups in total. The van der Waals surface area contributed by atoms with E-state index in [0.29, 0.717) is 17.8 Å². The summed E-state index contributed by atoms with van der Waals surface area (Å²) in [6.45, 7) is 9.25. The molecular weight excluding hydrogens is 353 g/mol. The number of hydrogen-bond acceptors (Lipinski definition) is 5. The number of halogens is 1. The van der Waals surface area contributed by atoms with Crippen LogP contribution in [-0.2, 0) is 0 Å². The fourth-order valence-electron chi connectivity index (χ4n) is 3.47. The Kier molecular flexibility index (Phi) is 7.25. The van der Waals surface area contributed by atoms with E-state index in [1.54, 1.807) is 12.3 Å². The van der Waals surface area contributed by atoms with Crippen molar-refractivity contribution < 1.29 is 4.39 Å². The van der Waals surface area contributed by atoms with Gasteiger partial charge in [0.2, 0.25) is 0 Å². The van der Waals surface area contributed by atoms with Crippen LogP contribution in [0.25, 0.3) is 0 Å². The average molecular weight is 384 g/mol. The quantitative estimate of drug-likeness (QED) is 0.660. The largest absolute Gasteiger partial charge is 0.386 e. The first-order valence-corrected chi connectivity index (χ1v) is 10.0. The Morgan fingerprint density at radius 3 is 2.86 bits per heavy atom. The molecule has 0 bridgehead atoms. The maximum atomic E-state index is 14.7. The summed E-state index contributed by atoms with van der Waals surface area (Å²) in [5, 5.41) is 10.1. The second-order valence-electron chi connectivity index (χ2n) is 6.88. The van der Waals surface area contributed by atoms with Gasteiger partial charge in [-0.25, -0.2) is 4.39 Å². The van der Waals surface area contributed by atoms with E-state index in [-0.39, 0.29) is 5.83 Å². The summed E-state index contributed by atoms with van der Waals surface area (Å²) in [5.74, 6) is -0.224. The summed E-state index contributed by atoms with van der Waals surface area (Å²) in [4.78, 5) is 6.81. The predicted octanol–water partition coefficient (Wildman–Crippen LogP) is 2.91. The first-order chi connectivity index (χ1) is 13.7. The molecule has 1 aliphatic carbocycles. The Morgan fingerprint density at radius 1 is 1.29 bits per heavy atom. The minimum absolute atomic E-state index is 0.224. The number of nitrogens with one attached hydrogen (secondary N) is 3. The predicted molar refractivity (Wildman–Crippen MR) is 115 cm³/mol. The third kappa shape index (κ3) is 5.01. The summed E-state index contributed by atoms with van der Waals surface area (Å²) in [6.07, 6.45) is 14.0. The van der Waals surface area contributed by atoms with Crippen LogP contribution < -0.4 is 16.0 Å². The monoisotopic (exact) mass is 383 g/mol. The zero-order chi connectivity index (χ0) is 19.8. The molecule has 0 amide bonds. The molecule has 3 rings (SSSR count). The van der Waals surface area contributed by atoms with Crippen molar-refractivity contribution in [1.29, 1.82) is 0 Å². The lowest BCUT2D eigenvalue weighted by Gasteiger charge is -2.34. The Hall–Kier alpha value is -2.60. The average Bonchev–Trinajstić information content (AvgIpc) is 2.73. The maximum Gasteiger partial charge on any atom is 0.132 e. The van der Waals surface area contributed by atoms with Crippen molar-refractivity contribution in [3.05, 3.63) is 71.1 Å². The molecule has 150 valence electrons. The zero-order valence-corrected chi connectivity index (χ0v) is 16.8. The van der Waals surface area contributed by atoms with Gasteiger partial charge in [-0.1, -0.05) is 19.1 Å². The van der Waals surface area contributed by atoms with E-state index in [9.17, 15) is 4.39 Å². The van der Waals surface area contributed by atoms with E-state index in [1.165, 1.54) is 5.70 Å². The Balaban J connectivity index is 1.73. The molecule has 5 nitrogen and oxygen atoms in total. The summed E-state index contributed by atoms with van der Waals surface area (Å²) in [5.41, 5.74) is 4.38. The molecule has 2 heterocycles. The van der Waals surface area contributed by atoms with Gasteiger partial charge >= 0.3 is 0 Å². The van der Waals surface area contributed by atoms with Gasteiger partial charge in [-0.15, -0.1) is 0 Å². The van der Waals surface area contributed by atoms with E-state index >= 15 is 0 Å². The highest BCUT2D eigenvalue weighted by Gasteiger charge is 2.20. The van der Waals surface area contributed by atoms with Crippen molar-refractivity contribution in [2.45, 2.75) is 20.3 Å². The molecule has 28 heavy (non-hydrogen) atoms. The molecule has 0 aromatic carbocycles. The van der Waals surface area contributed by atoms with Crippen molar-refractivity contribution >= 4 is 5.71 Å². The molecule has 0 radical (unpaired) electrons. The molecular formula is C22H30FN5. The van der Waals surface area contributed by atoms with E-state index in [1.807, 2.05) is 38.3 Å². The number of hydrogen-bond donors (Lipinski definition) is 3. The molecule has 0 unspecified atom stereocenters.